The van der Waals surface area contributed by atoms with Gasteiger partial charge in [0.05, 0.1) is 19.5 Å². The quantitative estimate of drug-likeness (QED) is 0.0658. The number of ketones is 2. The highest BCUT2D eigenvalue weighted by atomic mass is 32.2. The van der Waals surface area contributed by atoms with Crippen LogP contribution in [-0.4, -0.2) is 110 Å². The highest BCUT2D eigenvalue weighted by Gasteiger charge is 2.50. The van der Waals surface area contributed by atoms with E-state index in [-0.39, 0.29) is 42.0 Å². The lowest BCUT2D eigenvalue weighted by Crippen LogP contribution is -2.39. The summed E-state index contributed by atoms with van der Waals surface area (Å²) in [6, 6.07) is 0. The second-order valence-electron chi connectivity index (χ2n) is 11.8. The molecule has 0 aliphatic carbocycles. The smallest absolute Gasteiger partial charge is 0.386 e. The van der Waals surface area contributed by atoms with Crippen LogP contribution in [0.2, 0.25) is 0 Å². The molecule has 1 saturated heterocycles. The lowest BCUT2D eigenvalue weighted by molar-refractivity contribution is -0.134. The summed E-state index contributed by atoms with van der Waals surface area (Å²) in [5.41, 5.74) is 4.41. The predicted molar refractivity (Wildman–Crippen MR) is 175 cm³/mol. The Morgan fingerprint density at radius 3 is 2.38 bits per heavy atom. The first-order valence-corrected chi connectivity index (χ1v) is 20.8. The van der Waals surface area contributed by atoms with E-state index in [2.05, 4.69) is 23.8 Å². The fourth-order valence-electron chi connectivity index (χ4n) is 4.77. The van der Waals surface area contributed by atoms with E-state index in [9.17, 15) is 53.1 Å². The number of anilines is 1. The number of fused-ring (bicyclic) bond motifs is 1. The standard InChI is InChI=1S/C25H42N5O16P3S/c1-4-50-10-6-8-15(31)7-5-9-16(32)21(34)25(2,3)12-43-49(40,41)46-48(38,39)42-11-17-20(45-47(35,36)37)19(33)24(44-17)30-14-29-18-22(26)27-13-28-23(18)30/h13-14,17,19-21,24,33-34H,4-12H2,1-3H3,(H,38,39)(H,40,41)(H2,26,27,28)(H2,35,36,37)/t17-,19+,20?,21+,24-/m1/s1. The van der Waals surface area contributed by atoms with E-state index in [0.717, 1.165) is 35.1 Å². The van der Waals surface area contributed by atoms with E-state index in [1.807, 2.05) is 6.92 Å². The molecule has 1 aliphatic rings. The number of phosphoric ester groups is 3. The van der Waals surface area contributed by atoms with Crippen LogP contribution < -0.4 is 5.73 Å². The summed E-state index contributed by atoms with van der Waals surface area (Å²) in [5, 5.41) is 21.4. The van der Waals surface area contributed by atoms with Crippen molar-refractivity contribution in [3.63, 3.8) is 0 Å². The highest BCUT2D eigenvalue weighted by Crippen LogP contribution is 2.61. The molecule has 284 valence electrons. The van der Waals surface area contributed by atoms with Gasteiger partial charge in [-0.25, -0.2) is 28.6 Å². The average Bonchev–Trinajstić information content (AvgIpc) is 3.57. The number of nitrogens with zero attached hydrogens (tertiary/aromatic N) is 4. The Bertz CT molecular complexity index is 1620. The third-order valence-electron chi connectivity index (χ3n) is 7.31. The van der Waals surface area contributed by atoms with Crippen molar-refractivity contribution < 1.29 is 75.7 Å². The number of aliphatic hydroxyl groups excluding tert-OH is 2. The van der Waals surface area contributed by atoms with E-state index < -0.39 is 78.5 Å². The number of ether oxygens (including phenoxy) is 1. The molecule has 0 bridgehead atoms. The maximum atomic E-state index is 12.6. The van der Waals surface area contributed by atoms with Crippen molar-refractivity contribution in [3.05, 3.63) is 12.7 Å². The summed E-state index contributed by atoms with van der Waals surface area (Å²) in [6.45, 7) is 2.77. The van der Waals surface area contributed by atoms with Crippen molar-refractivity contribution in [2.75, 3.05) is 30.5 Å². The number of hydrogen-bond acceptors (Lipinski definition) is 17. The first-order valence-electron chi connectivity index (χ1n) is 15.1. The molecule has 2 aromatic rings. The van der Waals surface area contributed by atoms with Gasteiger partial charge in [-0.05, 0) is 24.3 Å². The number of nitrogen functional groups attached to an aromatic ring is 1. The van der Waals surface area contributed by atoms with Crippen molar-refractivity contribution in [2.45, 2.75) is 83.5 Å². The summed E-state index contributed by atoms with van der Waals surface area (Å²) >= 11 is 1.72. The molecule has 7 atom stereocenters. The van der Waals surface area contributed by atoms with Crippen molar-refractivity contribution in [3.8, 4) is 0 Å². The summed E-state index contributed by atoms with van der Waals surface area (Å²) in [5.74, 6) is 1.12. The minimum atomic E-state index is -5.52. The number of aliphatic hydroxyl groups is 2. The number of Topliss-reactive ketones (excluding diaryl/α,β-unsaturated/α-hetero) is 2. The van der Waals surface area contributed by atoms with Crippen LogP contribution in [0.3, 0.4) is 0 Å². The number of carbonyl (C=O) groups is 2. The Morgan fingerprint density at radius 1 is 1.06 bits per heavy atom. The SMILES string of the molecule is CCSCCCC(=O)CCCC(=O)[C@H](O)C(C)(C)COP(=O)(O)OP(=O)(O)OC[C@H]1O[C@@H](n2cnc3c(N)ncnc32)[C@@H](O)C1OP(=O)(O)O. The van der Waals surface area contributed by atoms with Crippen molar-refractivity contribution in [1.82, 2.24) is 19.5 Å². The number of aromatic nitrogens is 4. The molecule has 0 saturated carbocycles. The highest BCUT2D eigenvalue weighted by molar-refractivity contribution is 7.99. The molecule has 2 aromatic heterocycles. The lowest BCUT2D eigenvalue weighted by atomic mass is 9.84. The number of thioether (sulfide) groups is 1. The zero-order valence-corrected chi connectivity index (χ0v) is 30.8. The summed E-state index contributed by atoms with van der Waals surface area (Å²) in [6.07, 6.45) is -5.11. The number of carbonyl (C=O) groups excluding carboxylic acids is 2. The van der Waals surface area contributed by atoms with E-state index in [1.54, 1.807) is 11.8 Å². The van der Waals surface area contributed by atoms with Crippen LogP contribution in [0.4, 0.5) is 5.82 Å². The second-order valence-corrected chi connectivity index (χ2v) is 17.5. The van der Waals surface area contributed by atoms with Crippen LogP contribution in [0, 0.1) is 5.41 Å². The largest absolute Gasteiger partial charge is 0.481 e. The molecule has 21 nitrogen and oxygen atoms in total. The first kappa shape index (κ1) is 42.7. The molecule has 3 heterocycles. The van der Waals surface area contributed by atoms with Gasteiger partial charge in [0.2, 0.25) is 0 Å². The van der Waals surface area contributed by atoms with E-state index in [1.165, 1.54) is 13.8 Å². The van der Waals surface area contributed by atoms with E-state index in [0.29, 0.717) is 6.42 Å². The zero-order chi connectivity index (χ0) is 37.5. The maximum absolute atomic E-state index is 12.6. The fourth-order valence-corrected chi connectivity index (χ4v) is 8.24. The Labute approximate surface area is 290 Å². The number of rotatable bonds is 22. The topological polar surface area (TPSA) is 322 Å². The molecule has 8 N–H and O–H groups in total. The average molecular weight is 794 g/mol. The third-order valence-corrected chi connectivity index (χ3v) is 11.4. The van der Waals surface area contributed by atoms with Crippen LogP contribution >= 0.6 is 35.2 Å². The monoisotopic (exact) mass is 793 g/mol. The molecule has 25 heteroatoms. The summed E-state index contributed by atoms with van der Waals surface area (Å²) in [4.78, 5) is 75.4. The van der Waals surface area contributed by atoms with Gasteiger partial charge >= 0.3 is 23.5 Å². The molecule has 1 aliphatic heterocycles. The minimum Gasteiger partial charge on any atom is -0.386 e. The number of nitrogens with two attached hydrogens (primary N) is 1. The Balaban J connectivity index is 1.57. The molecule has 0 amide bonds. The van der Waals surface area contributed by atoms with Gasteiger partial charge in [-0.2, -0.15) is 16.1 Å². The normalized spacial score (nSPS) is 23.1. The maximum Gasteiger partial charge on any atom is 0.481 e. The third kappa shape index (κ3) is 12.5. The van der Waals surface area contributed by atoms with Gasteiger partial charge in [0.15, 0.2) is 23.5 Å². The Hall–Kier alpha value is -1.71. The summed E-state index contributed by atoms with van der Waals surface area (Å²) < 4.78 is 62.0. The molecule has 50 heavy (non-hydrogen) atoms. The molecule has 3 rings (SSSR count). The van der Waals surface area contributed by atoms with Crippen LogP contribution in [0.25, 0.3) is 11.2 Å². The van der Waals surface area contributed by atoms with E-state index in [4.69, 9.17) is 19.5 Å². The predicted octanol–water partition coefficient (Wildman–Crippen LogP) is 1.62. The van der Waals surface area contributed by atoms with Gasteiger partial charge in [0.25, 0.3) is 0 Å². The van der Waals surface area contributed by atoms with Crippen molar-refractivity contribution in [2.24, 2.45) is 5.41 Å². The van der Waals surface area contributed by atoms with Gasteiger partial charge in [-0.15, -0.1) is 0 Å². The molecule has 0 aromatic carbocycles. The fraction of sp³-hybridized carbons (Fsp3) is 0.720. The van der Waals surface area contributed by atoms with Crippen LogP contribution in [0.1, 0.15) is 59.1 Å². The van der Waals surface area contributed by atoms with Gasteiger partial charge in [0.1, 0.15) is 42.0 Å². The van der Waals surface area contributed by atoms with Crippen molar-refractivity contribution >= 4 is 63.8 Å². The van der Waals surface area contributed by atoms with Crippen LogP contribution in [-0.2, 0) is 45.9 Å². The van der Waals surface area contributed by atoms with Gasteiger partial charge in [0, 0.05) is 24.7 Å². The lowest BCUT2D eigenvalue weighted by Gasteiger charge is -2.30. The minimum absolute atomic E-state index is 0.00608. The van der Waals surface area contributed by atoms with E-state index >= 15 is 0 Å². The molecule has 0 spiro atoms. The first-order chi connectivity index (χ1) is 23.2. The number of phosphoric acid groups is 3. The molecule has 1 fully saturated rings. The number of hydrogen-bond donors (Lipinski definition) is 7. The number of imidazole rings is 1. The molecular formula is C25H42N5O16P3S. The van der Waals surface area contributed by atoms with Crippen LogP contribution in [0.15, 0.2) is 12.7 Å². The Kier molecular flexibility index (Phi) is 15.3. The molecule has 3 unspecified atom stereocenters. The summed E-state index contributed by atoms with van der Waals surface area (Å²) in [7, 11) is -16.2. The van der Waals surface area contributed by atoms with Gasteiger partial charge < -0.3 is 40.3 Å². The van der Waals surface area contributed by atoms with Gasteiger partial charge in [-0.3, -0.25) is 27.7 Å². The second kappa shape index (κ2) is 17.9. The van der Waals surface area contributed by atoms with Gasteiger partial charge in [-0.1, -0.05) is 20.8 Å². The molecular weight excluding hydrogens is 751 g/mol. The molecule has 0 radical (unpaired) electrons. The zero-order valence-electron chi connectivity index (χ0n) is 27.3. The Morgan fingerprint density at radius 2 is 1.72 bits per heavy atom. The van der Waals surface area contributed by atoms with Crippen LogP contribution in [0.5, 0.6) is 0 Å². The van der Waals surface area contributed by atoms with Crippen molar-refractivity contribution in [1.29, 1.82) is 0 Å².